The zero-order valence-corrected chi connectivity index (χ0v) is 16.8. The fraction of sp³-hybridized carbons (Fsp3) is 0.556. The van der Waals surface area contributed by atoms with E-state index >= 15 is 0 Å². The number of carbonyl (C=O) groups is 2. The summed E-state index contributed by atoms with van der Waals surface area (Å²) < 4.78 is 16.2. The van der Waals surface area contributed by atoms with E-state index in [-0.39, 0.29) is 13.2 Å². The second kappa shape index (κ2) is 8.46. The molecule has 8 heteroatoms. The molecule has 1 amide bonds. The van der Waals surface area contributed by atoms with Crippen LogP contribution < -0.4 is 0 Å². The van der Waals surface area contributed by atoms with E-state index in [1.165, 1.54) is 12.0 Å². The predicted octanol–water partition coefficient (Wildman–Crippen LogP) is 4.09. The number of esters is 1. The molecule has 0 aliphatic carbocycles. The summed E-state index contributed by atoms with van der Waals surface area (Å²) >= 11 is 12.1. The maximum absolute atomic E-state index is 12.4. The second-order valence-electron chi connectivity index (χ2n) is 7.02. The molecule has 0 bridgehead atoms. The molecular formula is C18H23Cl2NO5. The van der Waals surface area contributed by atoms with E-state index in [1.807, 2.05) is 0 Å². The van der Waals surface area contributed by atoms with Crippen LogP contribution in [0, 0.1) is 5.92 Å². The topological polar surface area (TPSA) is 65.1 Å². The van der Waals surface area contributed by atoms with Gasteiger partial charge in [-0.15, -0.1) is 0 Å². The van der Waals surface area contributed by atoms with E-state index in [2.05, 4.69) is 0 Å². The number of ether oxygens (including phenoxy) is 3. The van der Waals surface area contributed by atoms with Crippen LogP contribution in [0.1, 0.15) is 32.4 Å². The number of hydrogen-bond acceptors (Lipinski definition) is 5. The zero-order valence-electron chi connectivity index (χ0n) is 15.3. The Morgan fingerprint density at radius 2 is 1.92 bits per heavy atom. The summed E-state index contributed by atoms with van der Waals surface area (Å²) in [5.74, 6) is -1.19. The molecular weight excluding hydrogens is 381 g/mol. The molecule has 0 radical (unpaired) electrons. The van der Waals surface area contributed by atoms with Gasteiger partial charge in [-0.05, 0) is 38.5 Å². The summed E-state index contributed by atoms with van der Waals surface area (Å²) in [6, 6.07) is 5.05. The fourth-order valence-electron chi connectivity index (χ4n) is 2.69. The van der Waals surface area contributed by atoms with Gasteiger partial charge >= 0.3 is 12.1 Å². The molecule has 0 saturated carbocycles. The van der Waals surface area contributed by atoms with Crippen LogP contribution in [0.2, 0.25) is 10.0 Å². The average molecular weight is 404 g/mol. The first-order valence-electron chi connectivity index (χ1n) is 8.24. The summed E-state index contributed by atoms with van der Waals surface area (Å²) in [6.07, 6.45) is -1.10. The highest BCUT2D eigenvalue weighted by molar-refractivity contribution is 6.42. The molecule has 1 heterocycles. The van der Waals surface area contributed by atoms with Crippen molar-refractivity contribution in [1.29, 1.82) is 0 Å². The molecule has 1 fully saturated rings. The van der Waals surface area contributed by atoms with Crippen LogP contribution >= 0.6 is 23.2 Å². The predicted molar refractivity (Wildman–Crippen MR) is 98.5 cm³/mol. The number of nitrogens with zero attached hydrogens (tertiary/aromatic N) is 1. The molecule has 1 aromatic carbocycles. The minimum absolute atomic E-state index is 0.118. The Bertz CT molecular complexity index is 674. The summed E-state index contributed by atoms with van der Waals surface area (Å²) in [4.78, 5) is 26.3. The number of carbonyl (C=O) groups excluding carboxylic acids is 2. The highest BCUT2D eigenvalue weighted by Crippen LogP contribution is 2.34. The third-order valence-corrected chi connectivity index (χ3v) is 4.61. The van der Waals surface area contributed by atoms with Crippen LogP contribution in [0.15, 0.2) is 18.2 Å². The molecule has 0 spiro atoms. The molecule has 144 valence electrons. The van der Waals surface area contributed by atoms with Gasteiger partial charge in [0.25, 0.3) is 0 Å². The Morgan fingerprint density at radius 3 is 2.50 bits per heavy atom. The second-order valence-corrected chi connectivity index (χ2v) is 7.84. The number of benzene rings is 1. The Kier molecular flexibility index (Phi) is 6.77. The smallest absolute Gasteiger partial charge is 0.410 e. The molecule has 0 N–H and O–H groups in total. The van der Waals surface area contributed by atoms with Gasteiger partial charge in [-0.2, -0.15) is 0 Å². The van der Waals surface area contributed by atoms with Crippen LogP contribution in [-0.2, 0) is 19.0 Å². The number of rotatable bonds is 2. The molecule has 1 saturated heterocycles. The van der Waals surface area contributed by atoms with Crippen molar-refractivity contribution >= 4 is 35.3 Å². The highest BCUT2D eigenvalue weighted by atomic mass is 35.5. The monoisotopic (exact) mass is 403 g/mol. The first kappa shape index (κ1) is 20.8. The lowest BCUT2D eigenvalue weighted by molar-refractivity contribution is -0.150. The van der Waals surface area contributed by atoms with Crippen molar-refractivity contribution in [3.8, 4) is 0 Å². The number of hydrogen-bond donors (Lipinski definition) is 0. The van der Waals surface area contributed by atoms with Gasteiger partial charge in [-0.25, -0.2) is 4.79 Å². The van der Waals surface area contributed by atoms with Gasteiger partial charge in [0.1, 0.15) is 11.5 Å². The molecule has 1 aliphatic heterocycles. The Hall–Kier alpha value is -1.50. The first-order valence-corrected chi connectivity index (χ1v) is 9.00. The van der Waals surface area contributed by atoms with Crippen molar-refractivity contribution in [1.82, 2.24) is 4.90 Å². The fourth-order valence-corrected chi connectivity index (χ4v) is 3.00. The number of methoxy groups -OCH3 is 1. The van der Waals surface area contributed by atoms with E-state index in [9.17, 15) is 9.59 Å². The van der Waals surface area contributed by atoms with Gasteiger partial charge in [0.15, 0.2) is 0 Å². The van der Waals surface area contributed by atoms with Crippen LogP contribution in [0.3, 0.4) is 0 Å². The lowest BCUT2D eigenvalue weighted by atomic mass is 9.95. The standard InChI is InChI=1S/C18H23Cl2NO5/c1-18(2,3)26-17(23)21-7-8-25-15(12(10-21)16(22)24-4)11-5-6-13(19)14(20)9-11/h5-6,9,12,15H,7-8,10H2,1-4H3/t12-,15+/m1/s1. The minimum atomic E-state index is -0.715. The molecule has 6 nitrogen and oxygen atoms in total. The SMILES string of the molecule is COC(=O)[C@@H]1CN(C(=O)OC(C)(C)C)CCO[C@H]1c1ccc(Cl)c(Cl)c1. The van der Waals surface area contributed by atoms with Gasteiger partial charge in [0.05, 0.1) is 29.9 Å². The van der Waals surface area contributed by atoms with E-state index < -0.39 is 29.7 Å². The maximum Gasteiger partial charge on any atom is 0.410 e. The maximum atomic E-state index is 12.4. The molecule has 0 aromatic heterocycles. The summed E-state index contributed by atoms with van der Waals surface area (Å²) in [5, 5.41) is 0.777. The van der Waals surface area contributed by atoms with Crippen molar-refractivity contribution in [3.05, 3.63) is 33.8 Å². The van der Waals surface area contributed by atoms with Crippen LogP contribution in [0.4, 0.5) is 4.79 Å². The summed E-state index contributed by atoms with van der Waals surface area (Å²) in [5.41, 5.74) is 0.0644. The van der Waals surface area contributed by atoms with Gasteiger partial charge in [0.2, 0.25) is 0 Å². The van der Waals surface area contributed by atoms with Gasteiger partial charge < -0.3 is 19.1 Å². The summed E-state index contributed by atoms with van der Waals surface area (Å²) in [6.45, 7) is 6.03. The van der Waals surface area contributed by atoms with Gasteiger partial charge in [-0.1, -0.05) is 29.3 Å². The molecule has 26 heavy (non-hydrogen) atoms. The Balaban J connectivity index is 2.28. The largest absolute Gasteiger partial charge is 0.469 e. The van der Waals surface area contributed by atoms with Crippen LogP contribution in [-0.4, -0.2) is 49.4 Å². The third-order valence-electron chi connectivity index (χ3n) is 3.87. The van der Waals surface area contributed by atoms with Crippen molar-refractivity contribution in [2.45, 2.75) is 32.5 Å². The average Bonchev–Trinajstić information content (AvgIpc) is 2.78. The number of amides is 1. The van der Waals surface area contributed by atoms with Crippen molar-refractivity contribution < 1.29 is 23.8 Å². The quantitative estimate of drug-likeness (QED) is 0.695. The van der Waals surface area contributed by atoms with E-state index in [0.29, 0.717) is 22.2 Å². The van der Waals surface area contributed by atoms with Crippen molar-refractivity contribution in [2.75, 3.05) is 26.8 Å². The van der Waals surface area contributed by atoms with E-state index in [1.54, 1.807) is 39.0 Å². The first-order chi connectivity index (χ1) is 12.1. The normalized spacial score (nSPS) is 21.1. The minimum Gasteiger partial charge on any atom is -0.469 e. The molecule has 1 aromatic rings. The van der Waals surface area contributed by atoms with Gasteiger partial charge in [-0.3, -0.25) is 4.79 Å². The third kappa shape index (κ3) is 5.25. The molecule has 2 atom stereocenters. The molecule has 0 unspecified atom stereocenters. The highest BCUT2D eigenvalue weighted by Gasteiger charge is 2.38. The number of halogens is 2. The van der Waals surface area contributed by atoms with Gasteiger partial charge in [0, 0.05) is 13.1 Å². The van der Waals surface area contributed by atoms with E-state index in [0.717, 1.165) is 0 Å². The van der Waals surface area contributed by atoms with Crippen molar-refractivity contribution in [2.24, 2.45) is 5.92 Å². The molecule has 1 aliphatic rings. The molecule has 2 rings (SSSR count). The lowest BCUT2D eigenvalue weighted by Crippen LogP contribution is -2.42. The Labute approximate surface area is 163 Å². The summed E-state index contributed by atoms with van der Waals surface area (Å²) in [7, 11) is 1.30. The lowest BCUT2D eigenvalue weighted by Gasteiger charge is -2.28. The van der Waals surface area contributed by atoms with Crippen LogP contribution in [0.25, 0.3) is 0 Å². The van der Waals surface area contributed by atoms with Crippen molar-refractivity contribution in [3.63, 3.8) is 0 Å². The van der Waals surface area contributed by atoms with Crippen LogP contribution in [0.5, 0.6) is 0 Å². The zero-order chi connectivity index (χ0) is 19.5. The Morgan fingerprint density at radius 1 is 1.23 bits per heavy atom. The van der Waals surface area contributed by atoms with E-state index in [4.69, 9.17) is 37.4 Å².